The number of Topliss-reactive ketones (excluding diaryl/α,β-unsaturated/α-hetero) is 1. The van der Waals surface area contributed by atoms with E-state index >= 15 is 0 Å². The van der Waals surface area contributed by atoms with Gasteiger partial charge in [0.2, 0.25) is 0 Å². The highest BCUT2D eigenvalue weighted by Gasteiger charge is 2.66. The normalized spacial score (nSPS) is 37.7. The minimum absolute atomic E-state index is 0.0187. The zero-order valence-corrected chi connectivity index (χ0v) is 27.4. The van der Waals surface area contributed by atoms with E-state index in [-0.39, 0.29) is 64.3 Å². The molecule has 2 fully saturated rings. The van der Waals surface area contributed by atoms with Crippen molar-refractivity contribution in [1.82, 2.24) is 0 Å². The molecule has 0 unspecified atom stereocenters. The molecule has 0 amide bonds. The van der Waals surface area contributed by atoms with Crippen LogP contribution in [0.1, 0.15) is 106 Å². The summed E-state index contributed by atoms with van der Waals surface area (Å²) in [6.45, 7) is 18.6. The predicted molar refractivity (Wildman–Crippen MR) is 162 cm³/mol. The lowest BCUT2D eigenvalue weighted by atomic mass is 9.42. The number of hydrogen-bond donors (Lipinski definition) is 2. The second-order valence-electron chi connectivity index (χ2n) is 15.2. The minimum atomic E-state index is -1.05. The summed E-state index contributed by atoms with van der Waals surface area (Å²) in [5.74, 6) is -2.97. The van der Waals surface area contributed by atoms with Gasteiger partial charge in [-0.3, -0.25) is 19.2 Å². The molecule has 43 heavy (non-hydrogen) atoms. The first-order valence-electron chi connectivity index (χ1n) is 16.0. The molecule has 4 aliphatic carbocycles. The van der Waals surface area contributed by atoms with Gasteiger partial charge in [-0.2, -0.15) is 0 Å². The second kappa shape index (κ2) is 11.5. The Bertz CT molecular complexity index is 1230. The Morgan fingerprint density at radius 2 is 1.63 bits per heavy atom. The van der Waals surface area contributed by atoms with E-state index in [2.05, 4.69) is 52.9 Å². The quantitative estimate of drug-likeness (QED) is 0.142. The molecule has 0 aromatic heterocycles. The first-order valence-corrected chi connectivity index (χ1v) is 16.0. The van der Waals surface area contributed by atoms with E-state index in [1.165, 1.54) is 25.2 Å². The number of rotatable bonds is 9. The van der Waals surface area contributed by atoms with E-state index < -0.39 is 35.3 Å². The average molecular weight is 601 g/mol. The zero-order valence-electron chi connectivity index (χ0n) is 27.4. The molecule has 0 spiro atoms. The lowest BCUT2D eigenvalue weighted by molar-refractivity contribution is -0.173. The van der Waals surface area contributed by atoms with Crippen LogP contribution in [-0.4, -0.2) is 53.2 Å². The van der Waals surface area contributed by atoms with Crippen molar-refractivity contribution in [2.45, 2.75) is 118 Å². The smallest absolute Gasteiger partial charge is 0.317 e. The number of carboxylic acid groups (broad SMARTS) is 1. The number of carboxylic acids is 1. The molecule has 0 aliphatic heterocycles. The van der Waals surface area contributed by atoms with Crippen molar-refractivity contribution in [2.75, 3.05) is 7.11 Å². The summed E-state index contributed by atoms with van der Waals surface area (Å²) in [6, 6.07) is 0. The van der Waals surface area contributed by atoms with E-state index in [4.69, 9.17) is 4.74 Å². The Labute approximate surface area is 256 Å². The molecule has 0 radical (unpaired) electrons. The van der Waals surface area contributed by atoms with Crippen LogP contribution in [-0.2, 0) is 28.7 Å². The summed E-state index contributed by atoms with van der Waals surface area (Å²) >= 11 is 0. The van der Waals surface area contributed by atoms with Crippen LogP contribution in [0, 0.1) is 45.3 Å². The molecular weight excluding hydrogens is 548 g/mol. The van der Waals surface area contributed by atoms with Gasteiger partial charge in [-0.25, -0.2) is 0 Å². The predicted octanol–water partition coefficient (Wildman–Crippen LogP) is 6.05. The molecule has 0 aromatic carbocycles. The number of carbonyl (C=O) groups is 4. The van der Waals surface area contributed by atoms with E-state index in [1.807, 2.05) is 0 Å². The van der Waals surface area contributed by atoms with Gasteiger partial charge in [0.1, 0.15) is 12.5 Å². The van der Waals surface area contributed by atoms with Gasteiger partial charge in [0.15, 0.2) is 5.78 Å². The number of carbonyl (C=O) groups excluding carboxylic acids is 3. The number of hydrogen-bond acceptors (Lipinski definition) is 7. The number of aliphatic hydroxyl groups excluding tert-OH is 1. The fraction of sp³-hybridized carbons (Fsp3) is 0.771. The Kier molecular flexibility index (Phi) is 8.91. The molecule has 0 bridgehead atoms. The van der Waals surface area contributed by atoms with E-state index in [9.17, 15) is 29.4 Å². The van der Waals surface area contributed by atoms with E-state index in [0.717, 1.165) is 32.1 Å². The Hall–Kier alpha value is -2.48. The molecule has 0 aromatic rings. The third-order valence-corrected chi connectivity index (χ3v) is 13.1. The van der Waals surface area contributed by atoms with Crippen LogP contribution in [0.5, 0.6) is 0 Å². The van der Waals surface area contributed by atoms with Gasteiger partial charge < -0.3 is 19.7 Å². The Morgan fingerprint density at radius 3 is 2.23 bits per heavy atom. The summed E-state index contributed by atoms with van der Waals surface area (Å²) in [6.07, 6.45) is 4.82. The summed E-state index contributed by atoms with van der Waals surface area (Å²) in [5, 5.41) is 21.4. The van der Waals surface area contributed by atoms with Gasteiger partial charge in [0.25, 0.3) is 0 Å². The van der Waals surface area contributed by atoms with Gasteiger partial charge >= 0.3 is 17.9 Å². The maximum Gasteiger partial charge on any atom is 0.317 e. The lowest BCUT2D eigenvalue weighted by Gasteiger charge is -2.63. The van der Waals surface area contributed by atoms with E-state index in [0.29, 0.717) is 12.8 Å². The zero-order chi connectivity index (χ0) is 32.3. The van der Waals surface area contributed by atoms with Crippen molar-refractivity contribution in [2.24, 2.45) is 45.3 Å². The van der Waals surface area contributed by atoms with Crippen molar-refractivity contribution in [3.8, 4) is 0 Å². The highest BCUT2D eigenvalue weighted by Crippen LogP contribution is 2.72. The third kappa shape index (κ3) is 5.19. The fourth-order valence-corrected chi connectivity index (χ4v) is 10.2. The lowest BCUT2D eigenvalue weighted by Crippen LogP contribution is -2.58. The van der Waals surface area contributed by atoms with Crippen LogP contribution in [0.3, 0.4) is 0 Å². The highest BCUT2D eigenvalue weighted by atomic mass is 16.6. The summed E-state index contributed by atoms with van der Waals surface area (Å²) < 4.78 is 10.5. The van der Waals surface area contributed by atoms with Crippen LogP contribution in [0.2, 0.25) is 0 Å². The number of ether oxygens (including phenoxy) is 2. The van der Waals surface area contributed by atoms with Crippen molar-refractivity contribution in [1.29, 1.82) is 0 Å². The summed E-state index contributed by atoms with van der Waals surface area (Å²) in [4.78, 5) is 48.6. The van der Waals surface area contributed by atoms with Crippen molar-refractivity contribution in [3.63, 3.8) is 0 Å². The number of ketones is 1. The molecule has 4 aliphatic rings. The number of esters is 2. The molecule has 0 saturated heterocycles. The van der Waals surface area contributed by atoms with Gasteiger partial charge in [0.05, 0.1) is 19.1 Å². The Morgan fingerprint density at radius 1 is 0.977 bits per heavy atom. The van der Waals surface area contributed by atoms with Crippen molar-refractivity contribution < 1.29 is 38.9 Å². The molecule has 0 heterocycles. The third-order valence-electron chi connectivity index (χ3n) is 13.1. The van der Waals surface area contributed by atoms with Gasteiger partial charge in [-0.15, -0.1) is 0 Å². The first kappa shape index (κ1) is 33.4. The molecule has 8 heteroatoms. The van der Waals surface area contributed by atoms with Gasteiger partial charge in [-0.05, 0) is 80.5 Å². The molecular formula is C35H52O8. The topological polar surface area (TPSA) is 127 Å². The number of methoxy groups -OCH3 is 1. The molecule has 9 atom stereocenters. The van der Waals surface area contributed by atoms with Gasteiger partial charge in [0, 0.05) is 22.8 Å². The number of aliphatic hydroxyl groups is 1. The number of allylic oxidation sites excluding steroid dienone is 1. The fourth-order valence-electron chi connectivity index (χ4n) is 10.2. The molecule has 2 saturated carbocycles. The maximum absolute atomic E-state index is 13.0. The monoisotopic (exact) mass is 600 g/mol. The van der Waals surface area contributed by atoms with Crippen molar-refractivity contribution in [3.05, 3.63) is 23.3 Å². The Balaban J connectivity index is 1.60. The average Bonchev–Trinajstić information content (AvgIpc) is 3.22. The van der Waals surface area contributed by atoms with Crippen LogP contribution in [0.15, 0.2) is 23.3 Å². The van der Waals surface area contributed by atoms with Crippen LogP contribution in [0.4, 0.5) is 0 Å². The second-order valence-corrected chi connectivity index (χ2v) is 15.2. The highest BCUT2D eigenvalue weighted by molar-refractivity contribution is 5.99. The minimum Gasteiger partial charge on any atom is -0.481 e. The standard InChI is InChI=1S/C35H52O8/c1-19(16-25(36)20(2)21(3)31(40)41)22-12-15-34(7)23-10-11-26-32(4,5)28(43-30(39)18-29(38)42-9)13-14-33(26,6)24(23)17-27(37)35(22,34)8/h19,21-22,26-28,37H,2,10-18H2,1,3-9H3,(H,40,41)/t19-,21+,22-,26+,27-,28-,33-,34+,35+/m1/s1. The molecule has 240 valence electrons. The number of fused-ring (bicyclic) bond motifs is 4. The molecule has 8 nitrogen and oxygen atoms in total. The number of aliphatic carboxylic acids is 1. The van der Waals surface area contributed by atoms with Gasteiger partial charge in [-0.1, -0.05) is 59.3 Å². The summed E-state index contributed by atoms with van der Waals surface area (Å²) in [5.41, 5.74) is 1.90. The maximum atomic E-state index is 13.0. The van der Waals surface area contributed by atoms with Crippen LogP contribution < -0.4 is 0 Å². The van der Waals surface area contributed by atoms with Crippen molar-refractivity contribution >= 4 is 23.7 Å². The van der Waals surface area contributed by atoms with Crippen LogP contribution in [0.25, 0.3) is 0 Å². The first-order chi connectivity index (χ1) is 19.9. The van der Waals surface area contributed by atoms with Crippen LogP contribution >= 0.6 is 0 Å². The molecule has 2 N–H and O–H groups in total. The SMILES string of the molecule is C=C(C(=O)C[C@@H](C)[C@H]1CC[C@@]2(C)C3=C(C[C@@H](O)[C@]12C)[C@@]1(C)CC[C@@H](OC(=O)CC(=O)OC)C(C)(C)[C@@H]1CC3)[C@H](C)C(=O)O. The molecule has 4 rings (SSSR count). The summed E-state index contributed by atoms with van der Waals surface area (Å²) in [7, 11) is 1.26. The van der Waals surface area contributed by atoms with E-state index in [1.54, 1.807) is 0 Å². The largest absolute Gasteiger partial charge is 0.481 e.